The van der Waals surface area contributed by atoms with Crippen LogP contribution in [0.4, 0.5) is 0 Å². The van der Waals surface area contributed by atoms with Crippen molar-refractivity contribution < 1.29 is 4.79 Å². The number of carbonyl (C=O) groups is 1. The number of nitrogens with two attached hydrogens (primary N) is 1. The lowest BCUT2D eigenvalue weighted by molar-refractivity contribution is -0.128. The molecule has 0 spiro atoms. The molecule has 1 aromatic rings. The summed E-state index contributed by atoms with van der Waals surface area (Å²) in [6.07, 6.45) is 0.465. The van der Waals surface area contributed by atoms with Gasteiger partial charge in [-0.15, -0.1) is 0 Å². The van der Waals surface area contributed by atoms with Crippen molar-refractivity contribution in [3.63, 3.8) is 0 Å². The summed E-state index contributed by atoms with van der Waals surface area (Å²) < 4.78 is 0. The van der Waals surface area contributed by atoms with Crippen LogP contribution in [0.15, 0.2) is 24.3 Å². The molecule has 2 unspecified atom stereocenters. The Morgan fingerprint density at radius 1 is 1.44 bits per heavy atom. The molecule has 0 radical (unpaired) electrons. The zero-order valence-electron chi connectivity index (χ0n) is 9.81. The van der Waals surface area contributed by atoms with Crippen molar-refractivity contribution in [1.82, 2.24) is 4.90 Å². The van der Waals surface area contributed by atoms with Crippen molar-refractivity contribution in [1.29, 1.82) is 0 Å². The molecule has 3 nitrogen and oxygen atoms in total. The number of hydrogen-bond donors (Lipinski definition) is 1. The fourth-order valence-corrected chi connectivity index (χ4v) is 2.51. The van der Waals surface area contributed by atoms with Gasteiger partial charge in [0, 0.05) is 19.0 Å². The van der Waals surface area contributed by atoms with Gasteiger partial charge in [-0.1, -0.05) is 24.3 Å². The predicted molar refractivity (Wildman–Crippen MR) is 63.9 cm³/mol. The number of likely N-dealkylation sites (tertiary alicyclic amines) is 1. The number of benzene rings is 1. The zero-order chi connectivity index (χ0) is 11.7. The van der Waals surface area contributed by atoms with Gasteiger partial charge in [-0.05, 0) is 25.0 Å². The molecule has 1 aliphatic rings. The standard InChI is InChI=1S/C13H18N2O/c1-3-15-12(16)8-11(14)13(15)10-7-5-4-6-9(10)2/h4-7,11,13H,3,8,14H2,1-2H3. The highest BCUT2D eigenvalue weighted by Gasteiger charge is 2.37. The fraction of sp³-hybridized carbons (Fsp3) is 0.462. The number of aryl methyl sites for hydroxylation is 1. The van der Waals surface area contributed by atoms with Gasteiger partial charge < -0.3 is 10.6 Å². The highest BCUT2D eigenvalue weighted by atomic mass is 16.2. The van der Waals surface area contributed by atoms with Crippen LogP contribution in [0.5, 0.6) is 0 Å². The quantitative estimate of drug-likeness (QED) is 0.819. The lowest BCUT2D eigenvalue weighted by Gasteiger charge is -2.27. The first-order chi connectivity index (χ1) is 7.65. The summed E-state index contributed by atoms with van der Waals surface area (Å²) in [7, 11) is 0. The zero-order valence-corrected chi connectivity index (χ0v) is 9.81. The molecule has 16 heavy (non-hydrogen) atoms. The van der Waals surface area contributed by atoms with Crippen molar-refractivity contribution in [3.8, 4) is 0 Å². The van der Waals surface area contributed by atoms with Crippen LogP contribution in [0, 0.1) is 6.92 Å². The fourth-order valence-electron chi connectivity index (χ4n) is 2.51. The van der Waals surface area contributed by atoms with Crippen LogP contribution in [0.1, 0.15) is 30.5 Å². The second kappa shape index (κ2) is 4.26. The molecule has 0 saturated carbocycles. The van der Waals surface area contributed by atoms with Crippen LogP contribution in [0.25, 0.3) is 0 Å². The van der Waals surface area contributed by atoms with Crippen molar-refractivity contribution >= 4 is 5.91 Å². The maximum Gasteiger partial charge on any atom is 0.224 e. The summed E-state index contributed by atoms with van der Waals surface area (Å²) in [4.78, 5) is 13.6. The van der Waals surface area contributed by atoms with Crippen molar-refractivity contribution in [3.05, 3.63) is 35.4 Å². The Balaban J connectivity index is 2.39. The molecule has 1 aromatic carbocycles. The summed E-state index contributed by atoms with van der Waals surface area (Å²) in [5.41, 5.74) is 8.46. The van der Waals surface area contributed by atoms with Crippen molar-refractivity contribution in [2.75, 3.05) is 6.54 Å². The molecule has 1 amide bonds. The number of nitrogens with zero attached hydrogens (tertiary/aromatic N) is 1. The summed E-state index contributed by atoms with van der Waals surface area (Å²) >= 11 is 0. The van der Waals surface area contributed by atoms with Gasteiger partial charge in [0.15, 0.2) is 0 Å². The third kappa shape index (κ3) is 1.71. The molecule has 1 aliphatic heterocycles. The van der Waals surface area contributed by atoms with Gasteiger partial charge in [-0.25, -0.2) is 0 Å². The largest absolute Gasteiger partial charge is 0.334 e. The number of hydrogen-bond acceptors (Lipinski definition) is 2. The van der Waals surface area contributed by atoms with E-state index in [9.17, 15) is 4.79 Å². The monoisotopic (exact) mass is 218 g/mol. The average Bonchev–Trinajstić information content (AvgIpc) is 2.54. The van der Waals surface area contributed by atoms with E-state index in [2.05, 4.69) is 19.1 Å². The predicted octanol–water partition coefficient (Wildman–Crippen LogP) is 1.62. The van der Waals surface area contributed by atoms with Crippen LogP contribution in [-0.2, 0) is 4.79 Å². The van der Waals surface area contributed by atoms with Crippen LogP contribution in [0.2, 0.25) is 0 Å². The first-order valence-electron chi connectivity index (χ1n) is 5.75. The summed E-state index contributed by atoms with van der Waals surface area (Å²) in [6, 6.07) is 8.13. The molecule has 3 heteroatoms. The molecule has 86 valence electrons. The van der Waals surface area contributed by atoms with Crippen LogP contribution < -0.4 is 5.73 Å². The Hall–Kier alpha value is -1.35. The van der Waals surface area contributed by atoms with E-state index in [1.165, 1.54) is 11.1 Å². The Morgan fingerprint density at radius 2 is 2.12 bits per heavy atom. The van der Waals surface area contributed by atoms with E-state index in [-0.39, 0.29) is 18.0 Å². The molecule has 2 atom stereocenters. The Bertz CT molecular complexity index is 403. The van der Waals surface area contributed by atoms with E-state index in [0.29, 0.717) is 6.42 Å². The molecule has 0 aromatic heterocycles. The van der Waals surface area contributed by atoms with Crippen LogP contribution in [0.3, 0.4) is 0 Å². The van der Waals surface area contributed by atoms with Gasteiger partial charge >= 0.3 is 0 Å². The number of amides is 1. The second-order valence-corrected chi connectivity index (χ2v) is 4.35. The van der Waals surface area contributed by atoms with E-state index in [1.807, 2.05) is 24.0 Å². The number of carbonyl (C=O) groups excluding carboxylic acids is 1. The maximum atomic E-state index is 11.8. The average molecular weight is 218 g/mol. The third-order valence-electron chi connectivity index (χ3n) is 3.32. The van der Waals surface area contributed by atoms with E-state index in [4.69, 9.17) is 5.73 Å². The molecule has 0 aliphatic carbocycles. The van der Waals surface area contributed by atoms with Crippen molar-refractivity contribution in [2.24, 2.45) is 5.73 Å². The van der Waals surface area contributed by atoms with Gasteiger partial charge in [0.25, 0.3) is 0 Å². The normalized spacial score (nSPS) is 25.2. The van der Waals surface area contributed by atoms with Gasteiger partial charge in [0.1, 0.15) is 0 Å². The Kier molecular flexibility index (Phi) is 2.97. The summed E-state index contributed by atoms with van der Waals surface area (Å²) in [6.45, 7) is 4.80. The minimum Gasteiger partial charge on any atom is -0.334 e. The molecular formula is C13H18N2O. The van der Waals surface area contributed by atoms with E-state index in [0.717, 1.165) is 6.54 Å². The maximum absolute atomic E-state index is 11.8. The van der Waals surface area contributed by atoms with Gasteiger partial charge in [-0.3, -0.25) is 4.79 Å². The molecule has 1 saturated heterocycles. The molecule has 2 N–H and O–H groups in total. The van der Waals surface area contributed by atoms with Crippen molar-refractivity contribution in [2.45, 2.75) is 32.4 Å². The smallest absolute Gasteiger partial charge is 0.224 e. The molecule has 2 rings (SSSR count). The summed E-state index contributed by atoms with van der Waals surface area (Å²) in [5, 5.41) is 0. The molecule has 1 heterocycles. The molecule has 1 fully saturated rings. The third-order valence-corrected chi connectivity index (χ3v) is 3.32. The van der Waals surface area contributed by atoms with Gasteiger partial charge in [-0.2, -0.15) is 0 Å². The first kappa shape index (κ1) is 11.1. The number of rotatable bonds is 2. The Morgan fingerprint density at radius 3 is 2.75 bits per heavy atom. The minimum atomic E-state index is -0.0754. The first-order valence-corrected chi connectivity index (χ1v) is 5.75. The molecular weight excluding hydrogens is 200 g/mol. The molecule has 0 bridgehead atoms. The topological polar surface area (TPSA) is 46.3 Å². The minimum absolute atomic E-state index is 0.0544. The van der Waals surface area contributed by atoms with Gasteiger partial charge in [0.2, 0.25) is 5.91 Å². The van der Waals surface area contributed by atoms with Crippen LogP contribution in [-0.4, -0.2) is 23.4 Å². The van der Waals surface area contributed by atoms with Gasteiger partial charge in [0.05, 0.1) is 6.04 Å². The lowest BCUT2D eigenvalue weighted by Crippen LogP contribution is -2.33. The Labute approximate surface area is 96.2 Å². The number of likely N-dealkylation sites (N-methyl/N-ethyl adjacent to an activating group) is 1. The second-order valence-electron chi connectivity index (χ2n) is 4.35. The van der Waals surface area contributed by atoms with E-state index >= 15 is 0 Å². The highest BCUT2D eigenvalue weighted by molar-refractivity contribution is 5.80. The lowest BCUT2D eigenvalue weighted by atomic mass is 9.96. The highest BCUT2D eigenvalue weighted by Crippen LogP contribution is 2.33. The SMILES string of the molecule is CCN1C(=O)CC(N)C1c1ccccc1C. The van der Waals surface area contributed by atoms with E-state index in [1.54, 1.807) is 0 Å². The van der Waals surface area contributed by atoms with E-state index < -0.39 is 0 Å². The summed E-state index contributed by atoms with van der Waals surface area (Å²) in [5.74, 6) is 0.170. The van der Waals surface area contributed by atoms with Crippen LogP contribution >= 0.6 is 0 Å².